The number of amides is 1. The van der Waals surface area contributed by atoms with Crippen molar-refractivity contribution in [3.8, 4) is 5.75 Å². The van der Waals surface area contributed by atoms with Crippen molar-refractivity contribution >= 4 is 11.6 Å². The molecule has 0 radical (unpaired) electrons. The van der Waals surface area contributed by atoms with Crippen LogP contribution in [0.4, 0.5) is 5.69 Å². The molecule has 1 heterocycles. The van der Waals surface area contributed by atoms with Crippen LogP contribution in [-0.2, 0) is 0 Å². The van der Waals surface area contributed by atoms with Gasteiger partial charge in [0.1, 0.15) is 12.4 Å². The summed E-state index contributed by atoms with van der Waals surface area (Å²) in [6.07, 6.45) is 0. The van der Waals surface area contributed by atoms with E-state index in [2.05, 4.69) is 10.2 Å². The molecule has 1 aromatic heterocycles. The lowest BCUT2D eigenvalue weighted by atomic mass is 10.2. The number of nitrogen functional groups attached to an aromatic ring is 1. The zero-order chi connectivity index (χ0) is 15.4. The van der Waals surface area contributed by atoms with Crippen LogP contribution >= 0.6 is 0 Å². The smallest absolute Gasteiger partial charge is 0.276 e. The maximum Gasteiger partial charge on any atom is 0.276 e. The number of aromatic amines is 1. The molecule has 0 unspecified atom stereocenters. The van der Waals surface area contributed by atoms with Crippen LogP contribution in [0.2, 0.25) is 0 Å². The van der Waals surface area contributed by atoms with E-state index in [0.717, 1.165) is 5.75 Å². The molecule has 0 aliphatic rings. The van der Waals surface area contributed by atoms with Crippen molar-refractivity contribution in [2.45, 2.75) is 13.8 Å². The average Bonchev–Trinajstić information content (AvgIpc) is 2.80. The van der Waals surface area contributed by atoms with Crippen molar-refractivity contribution in [2.75, 3.05) is 25.9 Å². The monoisotopic (exact) mass is 288 g/mol. The molecule has 2 rings (SSSR count). The van der Waals surface area contributed by atoms with Crippen LogP contribution < -0.4 is 10.5 Å². The van der Waals surface area contributed by atoms with Gasteiger partial charge < -0.3 is 15.4 Å². The first-order chi connectivity index (χ1) is 9.99. The van der Waals surface area contributed by atoms with E-state index in [9.17, 15) is 4.79 Å². The number of aromatic nitrogens is 2. The van der Waals surface area contributed by atoms with Crippen molar-refractivity contribution < 1.29 is 9.53 Å². The maximum atomic E-state index is 12.2. The molecule has 0 saturated carbocycles. The highest BCUT2D eigenvalue weighted by molar-refractivity contribution is 5.97. The number of nitrogens with two attached hydrogens (primary N) is 1. The second-order valence-electron chi connectivity index (χ2n) is 5.00. The van der Waals surface area contributed by atoms with E-state index < -0.39 is 0 Å². The van der Waals surface area contributed by atoms with E-state index in [4.69, 9.17) is 10.5 Å². The molecule has 0 fully saturated rings. The minimum absolute atomic E-state index is 0.218. The molecule has 0 bridgehead atoms. The maximum absolute atomic E-state index is 12.2. The zero-order valence-electron chi connectivity index (χ0n) is 12.5. The number of benzene rings is 1. The third kappa shape index (κ3) is 3.53. The number of likely N-dealkylation sites (N-methyl/N-ethyl adjacent to an activating group) is 1. The molecule has 3 N–H and O–H groups in total. The Morgan fingerprint density at radius 1 is 1.33 bits per heavy atom. The number of anilines is 1. The summed E-state index contributed by atoms with van der Waals surface area (Å²) in [5.74, 6) is 0.570. The van der Waals surface area contributed by atoms with Crippen LogP contribution in [0.3, 0.4) is 0 Å². The summed E-state index contributed by atoms with van der Waals surface area (Å²) in [4.78, 5) is 13.7. The Bertz CT molecular complexity index is 619. The molecule has 0 saturated heterocycles. The Balaban J connectivity index is 1.87. The molecular formula is C15H20N4O2. The molecule has 0 aliphatic carbocycles. The van der Waals surface area contributed by atoms with Gasteiger partial charge in [0.15, 0.2) is 5.69 Å². The number of nitrogens with one attached hydrogen (secondary N) is 1. The van der Waals surface area contributed by atoms with Crippen LogP contribution in [0.25, 0.3) is 0 Å². The van der Waals surface area contributed by atoms with Gasteiger partial charge in [-0.05, 0) is 26.0 Å². The van der Waals surface area contributed by atoms with Crippen molar-refractivity contribution in [1.29, 1.82) is 0 Å². The van der Waals surface area contributed by atoms with Gasteiger partial charge in [-0.2, -0.15) is 5.10 Å². The van der Waals surface area contributed by atoms with E-state index >= 15 is 0 Å². The molecule has 1 aromatic carbocycles. The van der Waals surface area contributed by atoms with Gasteiger partial charge >= 0.3 is 0 Å². The lowest BCUT2D eigenvalue weighted by Crippen LogP contribution is -2.31. The van der Waals surface area contributed by atoms with Gasteiger partial charge in [0, 0.05) is 7.05 Å². The fourth-order valence-electron chi connectivity index (χ4n) is 1.82. The summed E-state index contributed by atoms with van der Waals surface area (Å²) >= 11 is 0. The molecule has 2 aromatic rings. The Hall–Kier alpha value is -2.50. The zero-order valence-corrected chi connectivity index (χ0v) is 12.5. The second-order valence-corrected chi connectivity index (χ2v) is 5.00. The molecule has 6 nitrogen and oxygen atoms in total. The first-order valence-corrected chi connectivity index (χ1v) is 6.74. The topological polar surface area (TPSA) is 84.2 Å². The van der Waals surface area contributed by atoms with Gasteiger partial charge in [0.2, 0.25) is 0 Å². The second kappa shape index (κ2) is 6.30. The van der Waals surface area contributed by atoms with E-state index in [0.29, 0.717) is 24.5 Å². The number of nitrogens with zero attached hydrogens (tertiary/aromatic N) is 2. The SMILES string of the molecule is Cc1ccc(OCCN(C)C(=O)c2n[nH]c(C)c2N)cc1. The molecule has 1 amide bonds. The minimum atomic E-state index is -0.218. The van der Waals surface area contributed by atoms with E-state index in [1.165, 1.54) is 5.56 Å². The van der Waals surface area contributed by atoms with E-state index in [1.54, 1.807) is 18.9 Å². The summed E-state index contributed by atoms with van der Waals surface area (Å²) < 4.78 is 5.60. The molecular weight excluding hydrogens is 268 g/mol. The van der Waals surface area contributed by atoms with Crippen molar-refractivity contribution in [3.63, 3.8) is 0 Å². The quantitative estimate of drug-likeness (QED) is 0.878. The van der Waals surface area contributed by atoms with E-state index in [-0.39, 0.29) is 11.6 Å². The Morgan fingerprint density at radius 2 is 2.00 bits per heavy atom. The first-order valence-electron chi connectivity index (χ1n) is 6.74. The van der Waals surface area contributed by atoms with Crippen LogP contribution in [0.15, 0.2) is 24.3 Å². The highest BCUT2D eigenvalue weighted by Gasteiger charge is 2.19. The van der Waals surface area contributed by atoms with E-state index in [1.807, 2.05) is 31.2 Å². The summed E-state index contributed by atoms with van der Waals surface area (Å²) in [5, 5.41) is 6.64. The number of rotatable bonds is 5. The number of hydrogen-bond acceptors (Lipinski definition) is 4. The summed E-state index contributed by atoms with van der Waals surface area (Å²) in [5.41, 5.74) is 8.33. The fourth-order valence-corrected chi connectivity index (χ4v) is 1.82. The van der Waals surface area contributed by atoms with Crippen LogP contribution in [0, 0.1) is 13.8 Å². The fraction of sp³-hybridized carbons (Fsp3) is 0.333. The minimum Gasteiger partial charge on any atom is -0.492 e. The van der Waals surface area contributed by atoms with Gasteiger partial charge in [-0.1, -0.05) is 17.7 Å². The van der Waals surface area contributed by atoms with Gasteiger partial charge in [0.25, 0.3) is 5.91 Å². The summed E-state index contributed by atoms with van der Waals surface area (Å²) in [6, 6.07) is 7.78. The number of ether oxygens (including phenoxy) is 1. The van der Waals surface area contributed by atoms with Crippen molar-refractivity contribution in [3.05, 3.63) is 41.2 Å². The molecule has 6 heteroatoms. The highest BCUT2D eigenvalue weighted by atomic mass is 16.5. The average molecular weight is 288 g/mol. The highest BCUT2D eigenvalue weighted by Crippen LogP contribution is 2.14. The lowest BCUT2D eigenvalue weighted by molar-refractivity contribution is 0.0769. The van der Waals surface area contributed by atoms with Gasteiger partial charge in [-0.3, -0.25) is 9.89 Å². The number of carbonyl (C=O) groups is 1. The molecule has 112 valence electrons. The van der Waals surface area contributed by atoms with Crippen molar-refractivity contribution in [2.24, 2.45) is 0 Å². The molecule has 0 aliphatic heterocycles. The van der Waals surface area contributed by atoms with Crippen LogP contribution in [0.5, 0.6) is 5.75 Å². The predicted molar refractivity (Wildman–Crippen MR) is 81.4 cm³/mol. The number of carbonyl (C=O) groups excluding carboxylic acids is 1. The molecule has 0 atom stereocenters. The van der Waals surface area contributed by atoms with Gasteiger partial charge in [-0.25, -0.2) is 0 Å². The third-order valence-electron chi connectivity index (χ3n) is 3.26. The van der Waals surface area contributed by atoms with Gasteiger partial charge in [0.05, 0.1) is 17.9 Å². The van der Waals surface area contributed by atoms with Crippen LogP contribution in [0.1, 0.15) is 21.7 Å². The molecule has 0 spiro atoms. The van der Waals surface area contributed by atoms with Gasteiger partial charge in [-0.15, -0.1) is 0 Å². The Labute approximate surface area is 123 Å². The predicted octanol–water partition coefficient (Wildman–Crippen LogP) is 1.76. The molecule has 21 heavy (non-hydrogen) atoms. The standard InChI is InChI=1S/C15H20N4O2/c1-10-4-6-12(7-5-10)21-9-8-19(3)15(20)14-13(16)11(2)17-18-14/h4-7H,8-9,16H2,1-3H3,(H,17,18). The number of hydrogen-bond donors (Lipinski definition) is 2. The first kappa shape index (κ1) is 14.9. The number of H-pyrrole nitrogens is 1. The normalized spacial score (nSPS) is 10.4. The Morgan fingerprint density at radius 3 is 2.57 bits per heavy atom. The largest absolute Gasteiger partial charge is 0.492 e. The number of aryl methyl sites for hydroxylation is 2. The summed E-state index contributed by atoms with van der Waals surface area (Å²) in [6.45, 7) is 4.67. The van der Waals surface area contributed by atoms with Crippen molar-refractivity contribution in [1.82, 2.24) is 15.1 Å². The lowest BCUT2D eigenvalue weighted by Gasteiger charge is -2.16. The third-order valence-corrected chi connectivity index (χ3v) is 3.26. The van der Waals surface area contributed by atoms with Crippen LogP contribution in [-0.4, -0.2) is 41.2 Å². The summed E-state index contributed by atoms with van der Waals surface area (Å²) in [7, 11) is 1.70. The Kier molecular flexibility index (Phi) is 4.47.